The maximum absolute atomic E-state index is 5.98. The molecule has 0 aliphatic carbocycles. The predicted molar refractivity (Wildman–Crippen MR) is 136 cm³/mol. The molecule has 1 atom stereocenters. The van der Waals surface area contributed by atoms with Crippen LogP contribution in [0.5, 0.6) is 11.6 Å². The maximum Gasteiger partial charge on any atom is 0.289 e. The molecule has 0 radical (unpaired) electrons. The molecule has 1 unspecified atom stereocenters. The van der Waals surface area contributed by atoms with Gasteiger partial charge < -0.3 is 20.1 Å². The number of anilines is 3. The SMILES string of the molecule is CCC1COC(Nc2ccc3ncnc(Nc4ccc(Oc5cc6nncn6cn5)c(C)c4)c3c2)=N1. The Morgan fingerprint density at radius 2 is 1.92 bits per heavy atom. The van der Waals surface area contributed by atoms with Crippen molar-refractivity contribution in [3.63, 3.8) is 0 Å². The Morgan fingerprint density at radius 3 is 2.78 bits per heavy atom. The fourth-order valence-electron chi connectivity index (χ4n) is 3.91. The molecule has 11 heteroatoms. The zero-order valence-electron chi connectivity index (χ0n) is 19.7. The van der Waals surface area contributed by atoms with Crippen LogP contribution in [0.3, 0.4) is 0 Å². The van der Waals surface area contributed by atoms with Crippen molar-refractivity contribution in [2.24, 2.45) is 4.99 Å². The Bertz CT molecular complexity index is 1600. The standard InChI is InChI=1S/C25H23N9O2/c1-3-16-11-35-25(31-16)32-18-4-6-20-19(9-18)24(27-12-26-20)30-17-5-7-21(15(2)8-17)36-23-10-22-33-29-14-34(22)13-28-23/h4-10,12-14,16H,3,11H2,1-2H3,(H,31,32)(H,26,27,30). The minimum Gasteiger partial charge on any atom is -0.463 e. The average molecular weight is 482 g/mol. The number of hydrogen-bond acceptors (Lipinski definition) is 10. The van der Waals surface area contributed by atoms with Gasteiger partial charge in [-0.05, 0) is 55.3 Å². The van der Waals surface area contributed by atoms with Gasteiger partial charge in [-0.2, -0.15) is 0 Å². The number of amidine groups is 1. The highest BCUT2D eigenvalue weighted by atomic mass is 16.5. The van der Waals surface area contributed by atoms with Gasteiger partial charge in [0.05, 0.1) is 11.6 Å². The number of aryl methyl sites for hydroxylation is 1. The minimum atomic E-state index is 0.199. The third-order valence-corrected chi connectivity index (χ3v) is 5.89. The van der Waals surface area contributed by atoms with Gasteiger partial charge in [0.15, 0.2) is 5.65 Å². The van der Waals surface area contributed by atoms with Crippen molar-refractivity contribution in [3.05, 3.63) is 67.0 Å². The predicted octanol–water partition coefficient (Wildman–Crippen LogP) is 4.49. The molecule has 6 rings (SSSR count). The molecule has 0 fully saturated rings. The Labute approximate surface area is 206 Å². The second kappa shape index (κ2) is 9.10. The van der Waals surface area contributed by atoms with Crippen LogP contribution >= 0.6 is 0 Å². The largest absolute Gasteiger partial charge is 0.463 e. The van der Waals surface area contributed by atoms with Crippen molar-refractivity contribution in [1.29, 1.82) is 0 Å². The van der Waals surface area contributed by atoms with Crippen LogP contribution < -0.4 is 15.4 Å². The van der Waals surface area contributed by atoms with Gasteiger partial charge in [-0.3, -0.25) is 4.40 Å². The lowest BCUT2D eigenvalue weighted by Gasteiger charge is -2.13. The first kappa shape index (κ1) is 21.7. The summed E-state index contributed by atoms with van der Waals surface area (Å²) in [7, 11) is 0. The molecule has 2 aromatic carbocycles. The van der Waals surface area contributed by atoms with Crippen LogP contribution in [-0.2, 0) is 4.74 Å². The topological polar surface area (TPSA) is 124 Å². The van der Waals surface area contributed by atoms with Crippen LogP contribution in [0, 0.1) is 6.92 Å². The van der Waals surface area contributed by atoms with Crippen LogP contribution in [0.2, 0.25) is 0 Å². The molecule has 3 aromatic heterocycles. The van der Waals surface area contributed by atoms with Gasteiger partial charge in [0.25, 0.3) is 6.02 Å². The number of rotatable bonds is 6. The third-order valence-electron chi connectivity index (χ3n) is 5.89. The molecule has 5 aromatic rings. The molecule has 180 valence electrons. The first-order chi connectivity index (χ1) is 17.6. The van der Waals surface area contributed by atoms with Gasteiger partial charge in [0.2, 0.25) is 5.88 Å². The van der Waals surface area contributed by atoms with E-state index in [4.69, 9.17) is 9.47 Å². The number of aromatic nitrogens is 6. The second-order valence-corrected chi connectivity index (χ2v) is 8.42. The molecular weight excluding hydrogens is 458 g/mol. The Morgan fingerprint density at radius 1 is 1.03 bits per heavy atom. The normalized spacial score (nSPS) is 15.1. The summed E-state index contributed by atoms with van der Waals surface area (Å²) in [5.74, 6) is 1.83. The Kier molecular flexibility index (Phi) is 5.49. The number of nitrogens with zero attached hydrogens (tertiary/aromatic N) is 7. The summed E-state index contributed by atoms with van der Waals surface area (Å²) >= 11 is 0. The van der Waals surface area contributed by atoms with Gasteiger partial charge in [0.1, 0.15) is 37.2 Å². The molecule has 1 aliphatic heterocycles. The lowest BCUT2D eigenvalue weighted by molar-refractivity contribution is 0.313. The van der Waals surface area contributed by atoms with E-state index < -0.39 is 0 Å². The quantitative estimate of drug-likeness (QED) is 0.361. The highest BCUT2D eigenvalue weighted by Crippen LogP contribution is 2.30. The molecule has 1 aliphatic rings. The summed E-state index contributed by atoms with van der Waals surface area (Å²) in [5, 5.41) is 15.4. The zero-order valence-corrected chi connectivity index (χ0v) is 19.7. The number of hydrogen-bond donors (Lipinski definition) is 2. The molecule has 0 spiro atoms. The van der Waals surface area contributed by atoms with Crippen molar-refractivity contribution in [2.75, 3.05) is 17.2 Å². The summed E-state index contributed by atoms with van der Waals surface area (Å²) in [5.41, 5.74) is 4.15. The van der Waals surface area contributed by atoms with Crippen LogP contribution in [0.4, 0.5) is 17.2 Å². The fraction of sp³-hybridized carbons (Fsp3) is 0.200. The smallest absolute Gasteiger partial charge is 0.289 e. The Balaban J connectivity index is 1.23. The van der Waals surface area contributed by atoms with E-state index >= 15 is 0 Å². The molecule has 36 heavy (non-hydrogen) atoms. The van der Waals surface area contributed by atoms with Crippen molar-refractivity contribution < 1.29 is 9.47 Å². The summed E-state index contributed by atoms with van der Waals surface area (Å²) in [4.78, 5) is 17.7. The number of ether oxygens (including phenoxy) is 2. The molecule has 4 heterocycles. The number of aliphatic imine (C=N–C) groups is 1. The Hall–Kier alpha value is -4.80. The van der Waals surface area contributed by atoms with E-state index in [0.29, 0.717) is 35.7 Å². The summed E-state index contributed by atoms with van der Waals surface area (Å²) < 4.78 is 13.3. The van der Waals surface area contributed by atoms with E-state index in [0.717, 1.165) is 34.3 Å². The van der Waals surface area contributed by atoms with Crippen molar-refractivity contribution in [2.45, 2.75) is 26.3 Å². The third kappa shape index (κ3) is 4.33. The van der Waals surface area contributed by atoms with E-state index in [2.05, 4.69) is 47.7 Å². The number of benzene rings is 2. The van der Waals surface area contributed by atoms with Crippen LogP contribution in [0.25, 0.3) is 16.6 Å². The summed E-state index contributed by atoms with van der Waals surface area (Å²) in [6.45, 7) is 4.68. The molecule has 11 nitrogen and oxygen atoms in total. The van der Waals surface area contributed by atoms with E-state index in [1.54, 1.807) is 29.4 Å². The lowest BCUT2D eigenvalue weighted by Crippen LogP contribution is -2.11. The van der Waals surface area contributed by atoms with E-state index in [1.807, 2.05) is 43.3 Å². The average Bonchev–Trinajstić information content (AvgIpc) is 3.55. The highest BCUT2D eigenvalue weighted by molar-refractivity contribution is 5.97. The van der Waals surface area contributed by atoms with Gasteiger partial charge in [0, 0.05) is 22.8 Å². The van der Waals surface area contributed by atoms with E-state index in [9.17, 15) is 0 Å². The highest BCUT2D eigenvalue weighted by Gasteiger charge is 2.17. The number of nitrogens with one attached hydrogen (secondary N) is 2. The van der Waals surface area contributed by atoms with Crippen LogP contribution in [-0.4, -0.2) is 48.2 Å². The van der Waals surface area contributed by atoms with E-state index in [1.165, 1.54) is 0 Å². The fourth-order valence-corrected chi connectivity index (χ4v) is 3.91. The molecule has 0 bridgehead atoms. The second-order valence-electron chi connectivity index (χ2n) is 8.42. The first-order valence-corrected chi connectivity index (χ1v) is 11.6. The van der Waals surface area contributed by atoms with Gasteiger partial charge >= 0.3 is 0 Å². The van der Waals surface area contributed by atoms with E-state index in [-0.39, 0.29) is 6.04 Å². The molecule has 2 N–H and O–H groups in total. The molecule has 0 amide bonds. The van der Waals surface area contributed by atoms with Crippen molar-refractivity contribution in [1.82, 2.24) is 29.5 Å². The van der Waals surface area contributed by atoms with Crippen molar-refractivity contribution >= 4 is 39.8 Å². The van der Waals surface area contributed by atoms with Crippen LogP contribution in [0.15, 0.2) is 66.4 Å². The lowest BCUT2D eigenvalue weighted by atomic mass is 10.1. The summed E-state index contributed by atoms with van der Waals surface area (Å²) in [6.07, 6.45) is 5.70. The van der Waals surface area contributed by atoms with Crippen molar-refractivity contribution in [3.8, 4) is 11.6 Å². The minimum absolute atomic E-state index is 0.199. The summed E-state index contributed by atoms with van der Waals surface area (Å²) in [6, 6.07) is 14.2. The monoisotopic (exact) mass is 481 g/mol. The molecular formula is C25H23N9O2. The van der Waals surface area contributed by atoms with Crippen LogP contribution in [0.1, 0.15) is 18.9 Å². The van der Waals surface area contributed by atoms with Gasteiger partial charge in [-0.1, -0.05) is 6.92 Å². The molecule has 0 saturated heterocycles. The maximum atomic E-state index is 5.98. The number of fused-ring (bicyclic) bond motifs is 2. The first-order valence-electron chi connectivity index (χ1n) is 11.6. The molecule has 0 saturated carbocycles. The van der Waals surface area contributed by atoms with Gasteiger partial charge in [-0.25, -0.2) is 19.9 Å². The zero-order chi connectivity index (χ0) is 24.5. The van der Waals surface area contributed by atoms with Gasteiger partial charge in [-0.15, -0.1) is 10.2 Å².